The van der Waals surface area contributed by atoms with Gasteiger partial charge in [-0.1, -0.05) is 6.58 Å². The third-order valence-corrected chi connectivity index (χ3v) is 1.16. The lowest BCUT2D eigenvalue weighted by Crippen LogP contribution is -2.24. The van der Waals surface area contributed by atoms with Crippen LogP contribution in [-0.4, -0.2) is 17.0 Å². The quantitative estimate of drug-likeness (QED) is 0.448. The maximum Gasteiger partial charge on any atom is 0.119 e. The van der Waals surface area contributed by atoms with Crippen molar-refractivity contribution in [3.05, 3.63) is 24.8 Å². The zero-order valence-corrected chi connectivity index (χ0v) is 4.83. The highest BCUT2D eigenvalue weighted by Gasteiger charge is 2.07. The molecule has 0 saturated carbocycles. The van der Waals surface area contributed by atoms with Gasteiger partial charge in [-0.3, -0.25) is 5.01 Å². The molecular weight excluding hydrogens is 102 g/mol. The number of nitrogens with zero attached hydrogens (tertiary/aromatic N) is 2. The molecule has 0 atom stereocenters. The summed E-state index contributed by atoms with van der Waals surface area (Å²) >= 11 is 0. The molecule has 0 spiro atoms. The van der Waals surface area contributed by atoms with Crippen LogP contribution in [0.3, 0.4) is 0 Å². The Morgan fingerprint density at radius 1 is 1.62 bits per heavy atom. The Morgan fingerprint density at radius 2 is 2.25 bits per heavy atom. The predicted molar refractivity (Wildman–Crippen MR) is 32.1 cm³/mol. The lowest BCUT2D eigenvalue weighted by Gasteiger charge is -2.14. The van der Waals surface area contributed by atoms with Gasteiger partial charge in [-0.05, 0) is 0 Å². The van der Waals surface area contributed by atoms with Crippen molar-refractivity contribution in [2.24, 2.45) is 5.84 Å². The lowest BCUT2D eigenvalue weighted by molar-refractivity contribution is 0.409. The van der Waals surface area contributed by atoms with Crippen LogP contribution in [-0.2, 0) is 0 Å². The Labute approximate surface area is 48.6 Å². The maximum absolute atomic E-state index is 5.37. The molecule has 0 aliphatic carbocycles. The van der Waals surface area contributed by atoms with Crippen LogP contribution >= 0.6 is 0 Å². The van der Waals surface area contributed by atoms with E-state index in [4.69, 9.17) is 5.84 Å². The molecule has 1 aliphatic heterocycles. The van der Waals surface area contributed by atoms with E-state index in [1.807, 2.05) is 18.1 Å². The summed E-state index contributed by atoms with van der Waals surface area (Å²) < 4.78 is 0. The molecule has 0 unspecified atom stereocenters. The first-order valence-corrected chi connectivity index (χ1v) is 2.36. The summed E-state index contributed by atoms with van der Waals surface area (Å²) in [6.45, 7) is 3.68. The van der Waals surface area contributed by atoms with Crippen LogP contribution in [0.4, 0.5) is 0 Å². The molecule has 1 aliphatic rings. The SMILES string of the molecule is C=C1N(C)C=CN1N. The fourth-order valence-corrected chi connectivity index (χ4v) is 0.526. The van der Waals surface area contributed by atoms with Crippen LogP contribution in [0.2, 0.25) is 0 Å². The van der Waals surface area contributed by atoms with Crippen molar-refractivity contribution >= 4 is 0 Å². The molecule has 0 aromatic heterocycles. The summed E-state index contributed by atoms with van der Waals surface area (Å²) in [5.41, 5.74) is 0. The van der Waals surface area contributed by atoms with Crippen molar-refractivity contribution in [1.82, 2.24) is 9.91 Å². The average molecular weight is 111 g/mol. The first-order valence-electron chi connectivity index (χ1n) is 2.36. The minimum Gasteiger partial charge on any atom is -0.335 e. The fourth-order valence-electron chi connectivity index (χ4n) is 0.526. The normalized spacial score (nSPS) is 18.5. The molecule has 0 amide bonds. The summed E-state index contributed by atoms with van der Waals surface area (Å²) in [6, 6.07) is 0. The van der Waals surface area contributed by atoms with E-state index in [1.165, 1.54) is 5.01 Å². The number of nitrogens with two attached hydrogens (primary N) is 1. The van der Waals surface area contributed by atoms with Crippen LogP contribution < -0.4 is 5.84 Å². The second-order valence-corrected chi connectivity index (χ2v) is 1.73. The summed E-state index contributed by atoms with van der Waals surface area (Å²) in [7, 11) is 1.89. The van der Waals surface area contributed by atoms with Crippen LogP contribution in [0.5, 0.6) is 0 Å². The smallest absolute Gasteiger partial charge is 0.119 e. The second kappa shape index (κ2) is 1.52. The van der Waals surface area contributed by atoms with Gasteiger partial charge >= 0.3 is 0 Å². The number of hydrogen-bond acceptors (Lipinski definition) is 3. The Bertz CT molecular complexity index is 125. The van der Waals surface area contributed by atoms with Crippen LogP contribution in [0.25, 0.3) is 0 Å². The summed E-state index contributed by atoms with van der Waals surface area (Å²) in [5.74, 6) is 6.17. The highest BCUT2D eigenvalue weighted by Crippen LogP contribution is 2.09. The van der Waals surface area contributed by atoms with Gasteiger partial charge in [-0.25, -0.2) is 5.84 Å². The molecule has 0 aromatic carbocycles. The monoisotopic (exact) mass is 111 g/mol. The van der Waals surface area contributed by atoms with Crippen LogP contribution in [0, 0.1) is 0 Å². The van der Waals surface area contributed by atoms with E-state index in [-0.39, 0.29) is 0 Å². The molecule has 0 aromatic rings. The second-order valence-electron chi connectivity index (χ2n) is 1.73. The van der Waals surface area contributed by atoms with Crippen molar-refractivity contribution in [3.63, 3.8) is 0 Å². The molecule has 8 heavy (non-hydrogen) atoms. The topological polar surface area (TPSA) is 32.5 Å². The summed E-state index contributed by atoms with van der Waals surface area (Å²) in [6.07, 6.45) is 3.60. The van der Waals surface area contributed by atoms with Gasteiger partial charge in [0.2, 0.25) is 0 Å². The molecule has 0 saturated heterocycles. The highest BCUT2D eigenvalue weighted by molar-refractivity contribution is 5.06. The first-order chi connectivity index (χ1) is 3.72. The molecule has 3 nitrogen and oxygen atoms in total. The minimum absolute atomic E-state index is 0.796. The number of hydrazine groups is 1. The van der Waals surface area contributed by atoms with Gasteiger partial charge in [0, 0.05) is 19.4 Å². The predicted octanol–water partition coefficient (Wildman–Crippen LogP) is 0.0499. The van der Waals surface area contributed by atoms with E-state index in [0.29, 0.717) is 0 Å². The molecule has 0 bridgehead atoms. The zero-order chi connectivity index (χ0) is 6.15. The van der Waals surface area contributed by atoms with Crippen molar-refractivity contribution in [3.8, 4) is 0 Å². The molecule has 0 fully saturated rings. The molecule has 44 valence electrons. The lowest BCUT2D eigenvalue weighted by atomic mass is 10.7. The first kappa shape index (κ1) is 5.18. The van der Waals surface area contributed by atoms with E-state index >= 15 is 0 Å². The fraction of sp³-hybridized carbons (Fsp3) is 0.200. The van der Waals surface area contributed by atoms with E-state index < -0.39 is 0 Å². The molecule has 1 heterocycles. The molecular formula is C5H9N3. The van der Waals surface area contributed by atoms with Gasteiger partial charge < -0.3 is 4.90 Å². The van der Waals surface area contributed by atoms with E-state index in [0.717, 1.165) is 5.82 Å². The van der Waals surface area contributed by atoms with Gasteiger partial charge in [-0.2, -0.15) is 0 Å². The van der Waals surface area contributed by atoms with E-state index in [1.54, 1.807) is 6.20 Å². The molecule has 3 heteroatoms. The van der Waals surface area contributed by atoms with Crippen LogP contribution in [0.1, 0.15) is 0 Å². The van der Waals surface area contributed by atoms with Gasteiger partial charge in [-0.15, -0.1) is 0 Å². The highest BCUT2D eigenvalue weighted by atomic mass is 15.5. The zero-order valence-electron chi connectivity index (χ0n) is 4.83. The van der Waals surface area contributed by atoms with Gasteiger partial charge in [0.15, 0.2) is 0 Å². The van der Waals surface area contributed by atoms with E-state index in [2.05, 4.69) is 6.58 Å². The van der Waals surface area contributed by atoms with Gasteiger partial charge in [0.1, 0.15) is 5.82 Å². The summed E-state index contributed by atoms with van der Waals surface area (Å²) in [5, 5.41) is 1.47. The maximum atomic E-state index is 5.37. The van der Waals surface area contributed by atoms with Crippen LogP contribution in [0.15, 0.2) is 24.8 Å². The standard InChI is InChI=1S/C5H9N3/c1-5-7(2)3-4-8(5)6/h3-4H,1,6H2,2H3. The Morgan fingerprint density at radius 3 is 2.38 bits per heavy atom. The Kier molecular flexibility index (Phi) is 0.986. The number of hydrogen-bond donors (Lipinski definition) is 1. The molecule has 1 rings (SSSR count). The Hall–Kier alpha value is -0.960. The van der Waals surface area contributed by atoms with Crippen molar-refractivity contribution in [2.75, 3.05) is 7.05 Å². The number of rotatable bonds is 0. The molecule has 0 radical (unpaired) electrons. The van der Waals surface area contributed by atoms with Crippen molar-refractivity contribution in [1.29, 1.82) is 0 Å². The molecule has 2 N–H and O–H groups in total. The van der Waals surface area contributed by atoms with Crippen molar-refractivity contribution in [2.45, 2.75) is 0 Å². The van der Waals surface area contributed by atoms with Gasteiger partial charge in [0.25, 0.3) is 0 Å². The van der Waals surface area contributed by atoms with Gasteiger partial charge in [0.05, 0.1) is 0 Å². The largest absolute Gasteiger partial charge is 0.335 e. The minimum atomic E-state index is 0.796. The Balaban J connectivity index is 2.70. The third kappa shape index (κ3) is 0.567. The summed E-state index contributed by atoms with van der Waals surface area (Å²) in [4.78, 5) is 1.85. The average Bonchev–Trinajstić information content (AvgIpc) is 1.98. The van der Waals surface area contributed by atoms with E-state index in [9.17, 15) is 0 Å². The van der Waals surface area contributed by atoms with Crippen molar-refractivity contribution < 1.29 is 0 Å². The third-order valence-electron chi connectivity index (χ3n) is 1.16.